The largest absolute Gasteiger partial charge is 0.492 e. The van der Waals surface area contributed by atoms with Crippen molar-refractivity contribution in [2.45, 2.75) is 24.2 Å². The fraction of sp³-hybridized carbons (Fsp3) is 0.562. The highest BCUT2D eigenvalue weighted by Gasteiger charge is 2.33. The molecule has 1 N–H and O–H groups in total. The number of rotatable bonds is 8. The molecule has 0 radical (unpaired) electrons. The summed E-state index contributed by atoms with van der Waals surface area (Å²) in [5.41, 5.74) is 0. The zero-order valence-corrected chi connectivity index (χ0v) is 15.6. The molecule has 1 heterocycles. The molecule has 1 aliphatic heterocycles. The summed E-state index contributed by atoms with van der Waals surface area (Å²) in [5.74, 6) is -1.15. The zero-order chi connectivity index (χ0) is 18.4. The van der Waals surface area contributed by atoms with Gasteiger partial charge >= 0.3 is 5.97 Å². The third-order valence-corrected chi connectivity index (χ3v) is 6.23. The van der Waals surface area contributed by atoms with Crippen molar-refractivity contribution in [2.24, 2.45) is 5.92 Å². The van der Waals surface area contributed by atoms with E-state index in [-0.39, 0.29) is 23.7 Å². The first kappa shape index (κ1) is 20.0. The van der Waals surface area contributed by atoms with Crippen LogP contribution >= 0.6 is 11.6 Å². The molecule has 0 amide bonds. The summed E-state index contributed by atoms with van der Waals surface area (Å²) in [5, 5.41) is 9.34. The molecule has 1 aromatic carbocycles. The first-order valence-corrected chi connectivity index (χ1v) is 9.82. The quantitative estimate of drug-likeness (QED) is 0.683. The minimum Gasteiger partial charge on any atom is -0.492 e. The first-order chi connectivity index (χ1) is 11.9. The average Bonchev–Trinajstić information content (AvgIpc) is 2.59. The van der Waals surface area contributed by atoms with Crippen molar-refractivity contribution >= 4 is 27.6 Å². The molecule has 0 saturated carbocycles. The van der Waals surface area contributed by atoms with E-state index < -0.39 is 21.9 Å². The smallest absolute Gasteiger partial charge is 0.306 e. The molecule has 0 spiro atoms. The third-order valence-electron chi connectivity index (χ3n) is 4.08. The molecule has 7 nitrogen and oxygen atoms in total. The van der Waals surface area contributed by atoms with Crippen LogP contribution in [0, 0.1) is 5.92 Å². The monoisotopic (exact) mass is 391 g/mol. The number of carboxylic acid groups (broad SMARTS) is 1. The maximum atomic E-state index is 12.9. The Morgan fingerprint density at radius 1 is 1.32 bits per heavy atom. The maximum absolute atomic E-state index is 12.9. The lowest BCUT2D eigenvalue weighted by atomic mass is 9.99. The molecule has 1 fully saturated rings. The molecule has 0 atom stereocenters. The minimum absolute atomic E-state index is 0.00573. The number of carboxylic acids is 1. The van der Waals surface area contributed by atoms with Gasteiger partial charge in [0, 0.05) is 38.2 Å². The highest BCUT2D eigenvalue weighted by Crippen LogP contribution is 2.32. The van der Waals surface area contributed by atoms with Gasteiger partial charge in [-0.25, -0.2) is 8.42 Å². The van der Waals surface area contributed by atoms with Crippen LogP contribution in [0.2, 0.25) is 5.02 Å². The van der Waals surface area contributed by atoms with Gasteiger partial charge in [0.25, 0.3) is 0 Å². The Bertz CT molecular complexity index is 701. The van der Waals surface area contributed by atoms with E-state index in [1.165, 1.54) is 16.4 Å². The van der Waals surface area contributed by atoms with Crippen LogP contribution in [0.1, 0.15) is 19.3 Å². The van der Waals surface area contributed by atoms with E-state index in [0.717, 1.165) is 0 Å². The molecule has 9 heteroatoms. The van der Waals surface area contributed by atoms with Gasteiger partial charge in [0.05, 0.1) is 12.5 Å². The van der Waals surface area contributed by atoms with E-state index in [2.05, 4.69) is 0 Å². The van der Waals surface area contributed by atoms with Crippen LogP contribution in [0.15, 0.2) is 23.1 Å². The summed E-state index contributed by atoms with van der Waals surface area (Å²) < 4.78 is 37.7. The summed E-state index contributed by atoms with van der Waals surface area (Å²) >= 11 is 5.97. The molecule has 0 bridgehead atoms. The topological polar surface area (TPSA) is 93.1 Å². The second-order valence-electron chi connectivity index (χ2n) is 5.80. The van der Waals surface area contributed by atoms with Gasteiger partial charge in [-0.2, -0.15) is 4.31 Å². The van der Waals surface area contributed by atoms with Gasteiger partial charge in [-0.1, -0.05) is 11.6 Å². The maximum Gasteiger partial charge on any atom is 0.306 e. The summed E-state index contributed by atoms with van der Waals surface area (Å²) in [4.78, 5) is 11.0. The van der Waals surface area contributed by atoms with Gasteiger partial charge in [0.2, 0.25) is 10.0 Å². The van der Waals surface area contributed by atoms with E-state index in [9.17, 15) is 13.2 Å². The molecule has 0 unspecified atom stereocenters. The number of benzene rings is 1. The van der Waals surface area contributed by atoms with E-state index >= 15 is 0 Å². The van der Waals surface area contributed by atoms with E-state index in [1.54, 1.807) is 13.2 Å². The molecule has 140 valence electrons. The van der Waals surface area contributed by atoms with Crippen LogP contribution in [0.25, 0.3) is 0 Å². The minimum atomic E-state index is -3.81. The third kappa shape index (κ3) is 5.07. The van der Waals surface area contributed by atoms with Gasteiger partial charge in [-0.15, -0.1) is 0 Å². The number of methoxy groups -OCH3 is 1. The van der Waals surface area contributed by atoms with Crippen molar-refractivity contribution in [2.75, 3.05) is 33.4 Å². The fourth-order valence-corrected chi connectivity index (χ4v) is 4.53. The molecule has 1 saturated heterocycles. The first-order valence-electron chi connectivity index (χ1n) is 8.00. The number of nitrogens with zero attached hydrogens (tertiary/aromatic N) is 1. The Hall–Kier alpha value is -1.35. The number of ether oxygens (including phenoxy) is 2. The molecule has 2 rings (SSSR count). The standard InChI is InChI=1S/C16H22ClNO6S/c1-23-9-2-10-24-14-4-3-13(17)11-15(14)25(21,22)18-7-5-12(6-8-18)16(19)20/h3-4,11-12H,2,5-10H2,1H3,(H,19,20). The van der Waals surface area contributed by atoms with Crippen LogP contribution in [-0.2, 0) is 19.6 Å². The van der Waals surface area contributed by atoms with Crippen LogP contribution in [0.5, 0.6) is 5.75 Å². The summed E-state index contributed by atoms with van der Waals surface area (Å²) in [6.07, 6.45) is 1.21. The Balaban J connectivity index is 2.17. The second-order valence-corrected chi connectivity index (χ2v) is 8.15. The van der Waals surface area contributed by atoms with Gasteiger partial charge in [0.1, 0.15) is 10.6 Å². The second kappa shape index (κ2) is 8.84. The number of hydrogen-bond donors (Lipinski definition) is 1. The Kier molecular flexibility index (Phi) is 7.06. The van der Waals surface area contributed by atoms with Gasteiger partial charge in [-0.3, -0.25) is 4.79 Å². The molecular formula is C16H22ClNO6S. The Morgan fingerprint density at radius 3 is 2.60 bits per heavy atom. The van der Waals surface area contributed by atoms with E-state index in [1.807, 2.05) is 0 Å². The molecular weight excluding hydrogens is 370 g/mol. The molecule has 1 aromatic rings. The average molecular weight is 392 g/mol. The number of carbonyl (C=O) groups is 1. The lowest BCUT2D eigenvalue weighted by Gasteiger charge is -2.29. The van der Waals surface area contributed by atoms with Crippen molar-refractivity contribution < 1.29 is 27.8 Å². The van der Waals surface area contributed by atoms with E-state index in [0.29, 0.717) is 37.5 Å². The summed E-state index contributed by atoms with van der Waals surface area (Å²) in [6, 6.07) is 4.47. The van der Waals surface area contributed by atoms with Crippen LogP contribution < -0.4 is 4.74 Å². The van der Waals surface area contributed by atoms with Crippen molar-refractivity contribution in [3.8, 4) is 5.75 Å². The lowest BCUT2D eigenvalue weighted by molar-refractivity contribution is -0.142. The normalized spacial score (nSPS) is 16.7. The lowest BCUT2D eigenvalue weighted by Crippen LogP contribution is -2.40. The number of hydrogen-bond acceptors (Lipinski definition) is 5. The molecule has 1 aliphatic rings. The van der Waals surface area contributed by atoms with Crippen molar-refractivity contribution in [3.63, 3.8) is 0 Å². The number of sulfonamides is 1. The number of halogens is 1. The molecule has 0 aliphatic carbocycles. The van der Waals surface area contributed by atoms with Crippen molar-refractivity contribution in [1.29, 1.82) is 0 Å². The summed E-state index contributed by atoms with van der Waals surface area (Å²) in [7, 11) is -2.23. The van der Waals surface area contributed by atoms with Gasteiger partial charge < -0.3 is 14.6 Å². The fourth-order valence-electron chi connectivity index (χ4n) is 2.67. The van der Waals surface area contributed by atoms with Crippen LogP contribution in [-0.4, -0.2) is 57.2 Å². The van der Waals surface area contributed by atoms with E-state index in [4.69, 9.17) is 26.2 Å². The summed E-state index contributed by atoms with van der Waals surface area (Å²) in [6.45, 7) is 1.15. The molecule has 0 aromatic heterocycles. The Morgan fingerprint density at radius 2 is 2.00 bits per heavy atom. The highest BCUT2D eigenvalue weighted by atomic mass is 35.5. The predicted octanol–water partition coefficient (Wildman–Crippen LogP) is 2.24. The molecule has 25 heavy (non-hydrogen) atoms. The van der Waals surface area contributed by atoms with Gasteiger partial charge in [-0.05, 0) is 31.0 Å². The highest BCUT2D eigenvalue weighted by molar-refractivity contribution is 7.89. The van der Waals surface area contributed by atoms with Crippen molar-refractivity contribution in [1.82, 2.24) is 4.31 Å². The SMILES string of the molecule is COCCCOc1ccc(Cl)cc1S(=O)(=O)N1CCC(C(=O)O)CC1. The van der Waals surface area contributed by atoms with Gasteiger partial charge in [0.15, 0.2) is 0 Å². The van der Waals surface area contributed by atoms with Crippen LogP contribution in [0.4, 0.5) is 0 Å². The predicted molar refractivity (Wildman–Crippen MR) is 92.6 cm³/mol. The van der Waals surface area contributed by atoms with Crippen molar-refractivity contribution in [3.05, 3.63) is 23.2 Å². The number of piperidine rings is 1. The number of aliphatic carboxylic acids is 1. The zero-order valence-electron chi connectivity index (χ0n) is 14.0. The van der Waals surface area contributed by atoms with Crippen LogP contribution in [0.3, 0.4) is 0 Å². The Labute approximate surface area is 152 Å².